The van der Waals surface area contributed by atoms with Crippen molar-refractivity contribution >= 4 is 22.5 Å². The fourth-order valence-corrected chi connectivity index (χ4v) is 4.33. The summed E-state index contributed by atoms with van der Waals surface area (Å²) in [5.74, 6) is 0.765. The van der Waals surface area contributed by atoms with Crippen molar-refractivity contribution in [3.05, 3.63) is 45.9 Å². The molecule has 3 aromatic rings. The molecule has 1 unspecified atom stereocenters. The molecular formula is C24H29N5O3. The van der Waals surface area contributed by atoms with Gasteiger partial charge in [-0.05, 0) is 55.9 Å². The number of aromatic amines is 1. The van der Waals surface area contributed by atoms with Crippen LogP contribution < -0.4 is 16.0 Å². The first-order valence-electron chi connectivity index (χ1n) is 11.1. The second-order valence-electron chi connectivity index (χ2n) is 8.18. The lowest BCUT2D eigenvalue weighted by atomic mass is 9.86. The molecule has 1 atom stereocenters. The number of nitrogens with one attached hydrogen (secondary N) is 1. The number of nitrogens with two attached hydrogens (primary N) is 1. The monoisotopic (exact) mass is 435 g/mol. The third-order valence-corrected chi connectivity index (χ3v) is 5.97. The molecular weight excluding hydrogens is 406 g/mol. The van der Waals surface area contributed by atoms with Crippen LogP contribution in [0.5, 0.6) is 5.75 Å². The van der Waals surface area contributed by atoms with Crippen LogP contribution in [0.4, 0.5) is 0 Å². The first-order chi connectivity index (χ1) is 15.4. The molecule has 0 saturated carbocycles. The van der Waals surface area contributed by atoms with Gasteiger partial charge in [0.25, 0.3) is 5.56 Å². The van der Waals surface area contributed by atoms with Crippen molar-refractivity contribution in [2.24, 2.45) is 18.7 Å². The average molecular weight is 436 g/mol. The standard InChI is InChI=1S/C24H29N5O3/c1-4-6-18-20-21(29(3)28-18)24(31)27-23(26-20)17-13-16(11-12-19(17)32-5-2)14-7-9-15(10-8-14)22(25)30/h7,11-13,15H,4-6,8-10H2,1-3H3,(H2,25,30)(H,26,27,31). The van der Waals surface area contributed by atoms with Crippen molar-refractivity contribution in [2.45, 2.75) is 46.0 Å². The second-order valence-corrected chi connectivity index (χ2v) is 8.18. The fourth-order valence-electron chi connectivity index (χ4n) is 4.33. The zero-order chi connectivity index (χ0) is 22.8. The van der Waals surface area contributed by atoms with Crippen LogP contribution in [0.25, 0.3) is 28.0 Å². The lowest BCUT2D eigenvalue weighted by Crippen LogP contribution is -2.24. The Labute approximate surface area is 186 Å². The summed E-state index contributed by atoms with van der Waals surface area (Å²) in [4.78, 5) is 32.1. The minimum absolute atomic E-state index is 0.107. The number of rotatable bonds is 7. The van der Waals surface area contributed by atoms with Gasteiger partial charge in [0.05, 0.1) is 17.9 Å². The molecule has 0 fully saturated rings. The number of benzene rings is 1. The van der Waals surface area contributed by atoms with Gasteiger partial charge < -0.3 is 15.5 Å². The number of primary amides is 1. The molecule has 8 nitrogen and oxygen atoms in total. The van der Waals surface area contributed by atoms with Gasteiger partial charge in [0.1, 0.15) is 17.1 Å². The van der Waals surface area contributed by atoms with Gasteiger partial charge in [-0.2, -0.15) is 5.10 Å². The van der Waals surface area contributed by atoms with Crippen LogP contribution in [0.15, 0.2) is 29.1 Å². The zero-order valence-corrected chi connectivity index (χ0v) is 18.8. The number of aromatic nitrogens is 4. The number of ether oxygens (including phenoxy) is 1. The van der Waals surface area contributed by atoms with E-state index >= 15 is 0 Å². The quantitative estimate of drug-likeness (QED) is 0.590. The number of carbonyl (C=O) groups is 1. The normalized spacial score (nSPS) is 16.2. The van der Waals surface area contributed by atoms with Crippen molar-refractivity contribution in [3.63, 3.8) is 0 Å². The van der Waals surface area contributed by atoms with Gasteiger partial charge in [-0.3, -0.25) is 14.3 Å². The molecule has 0 saturated heterocycles. The molecule has 1 amide bonds. The molecule has 0 radical (unpaired) electrons. The number of aryl methyl sites for hydroxylation is 2. The lowest BCUT2D eigenvalue weighted by molar-refractivity contribution is -0.121. The number of allylic oxidation sites excluding steroid dienone is 2. The van der Waals surface area contributed by atoms with Gasteiger partial charge in [0, 0.05) is 13.0 Å². The van der Waals surface area contributed by atoms with Gasteiger partial charge in [-0.25, -0.2) is 4.98 Å². The SMILES string of the molecule is CCCc1nn(C)c2c(=O)[nH]c(-c3cc(C4=CCC(C(N)=O)CC4)ccc3OCC)nc12. The molecule has 1 aromatic carbocycles. The molecule has 0 bridgehead atoms. The van der Waals surface area contributed by atoms with Gasteiger partial charge >= 0.3 is 0 Å². The van der Waals surface area contributed by atoms with Gasteiger partial charge in [0.2, 0.25) is 5.91 Å². The Morgan fingerprint density at radius 2 is 2.16 bits per heavy atom. The third kappa shape index (κ3) is 4.04. The Morgan fingerprint density at radius 3 is 2.81 bits per heavy atom. The van der Waals surface area contributed by atoms with Gasteiger partial charge in [-0.15, -0.1) is 0 Å². The first kappa shape index (κ1) is 21.8. The molecule has 8 heteroatoms. The fraction of sp³-hybridized carbons (Fsp3) is 0.417. The second kappa shape index (κ2) is 8.98. The topological polar surface area (TPSA) is 116 Å². The Morgan fingerprint density at radius 1 is 1.34 bits per heavy atom. The molecule has 1 aliphatic rings. The summed E-state index contributed by atoms with van der Waals surface area (Å²) in [6.07, 6.45) is 5.90. The smallest absolute Gasteiger partial charge is 0.277 e. The van der Waals surface area contributed by atoms with Crippen LogP contribution >= 0.6 is 0 Å². The molecule has 1 aliphatic carbocycles. The van der Waals surface area contributed by atoms with Crippen LogP contribution in [0.1, 0.15) is 50.8 Å². The third-order valence-electron chi connectivity index (χ3n) is 5.97. The predicted octanol–water partition coefficient (Wildman–Crippen LogP) is 3.34. The number of nitrogens with zero attached hydrogens (tertiary/aromatic N) is 3. The van der Waals surface area contributed by atoms with E-state index in [2.05, 4.69) is 23.1 Å². The zero-order valence-electron chi connectivity index (χ0n) is 18.8. The van der Waals surface area contributed by atoms with E-state index in [1.165, 1.54) is 0 Å². The summed E-state index contributed by atoms with van der Waals surface area (Å²) in [5, 5.41) is 4.50. The molecule has 0 spiro atoms. The summed E-state index contributed by atoms with van der Waals surface area (Å²) < 4.78 is 7.45. The van der Waals surface area contributed by atoms with Crippen LogP contribution in [0.2, 0.25) is 0 Å². The van der Waals surface area contributed by atoms with E-state index in [4.69, 9.17) is 15.5 Å². The number of H-pyrrole nitrogens is 1. The van der Waals surface area contributed by atoms with E-state index in [0.29, 0.717) is 35.6 Å². The number of hydrogen-bond acceptors (Lipinski definition) is 5. The van der Waals surface area contributed by atoms with Crippen molar-refractivity contribution in [1.29, 1.82) is 0 Å². The summed E-state index contributed by atoms with van der Waals surface area (Å²) in [6.45, 7) is 4.49. The van der Waals surface area contributed by atoms with Crippen molar-refractivity contribution in [2.75, 3.05) is 6.61 Å². The maximum absolute atomic E-state index is 12.9. The van der Waals surface area contributed by atoms with Gasteiger partial charge in [-0.1, -0.05) is 25.5 Å². The van der Waals surface area contributed by atoms with E-state index in [9.17, 15) is 9.59 Å². The summed E-state index contributed by atoms with van der Waals surface area (Å²) in [6, 6.07) is 5.92. The van der Waals surface area contributed by atoms with E-state index in [-0.39, 0.29) is 17.4 Å². The molecule has 32 heavy (non-hydrogen) atoms. The van der Waals surface area contributed by atoms with Crippen LogP contribution in [0, 0.1) is 5.92 Å². The molecule has 2 aromatic heterocycles. The minimum Gasteiger partial charge on any atom is -0.493 e. The van der Waals surface area contributed by atoms with Gasteiger partial charge in [0.15, 0.2) is 5.52 Å². The van der Waals surface area contributed by atoms with Crippen LogP contribution in [-0.4, -0.2) is 32.3 Å². The highest BCUT2D eigenvalue weighted by Gasteiger charge is 2.22. The van der Waals surface area contributed by atoms with E-state index in [0.717, 1.165) is 48.1 Å². The minimum atomic E-state index is -0.248. The number of amides is 1. The van der Waals surface area contributed by atoms with Crippen LogP contribution in [0.3, 0.4) is 0 Å². The first-order valence-corrected chi connectivity index (χ1v) is 11.1. The highest BCUT2D eigenvalue weighted by Crippen LogP contribution is 2.35. The Bertz CT molecular complexity index is 1250. The number of fused-ring (bicyclic) bond motifs is 1. The number of carbonyl (C=O) groups excluding carboxylic acids is 1. The molecule has 2 heterocycles. The van der Waals surface area contributed by atoms with E-state index < -0.39 is 0 Å². The molecule has 0 aliphatic heterocycles. The van der Waals surface area contributed by atoms with E-state index in [1.54, 1.807) is 11.7 Å². The average Bonchev–Trinajstić information content (AvgIpc) is 3.10. The lowest BCUT2D eigenvalue weighted by Gasteiger charge is -2.20. The molecule has 3 N–H and O–H groups in total. The molecule has 168 valence electrons. The summed E-state index contributed by atoms with van der Waals surface area (Å²) in [5.41, 5.74) is 10.1. The summed E-state index contributed by atoms with van der Waals surface area (Å²) in [7, 11) is 1.76. The van der Waals surface area contributed by atoms with Crippen LogP contribution in [-0.2, 0) is 18.3 Å². The molecule has 4 rings (SSSR count). The summed E-state index contributed by atoms with van der Waals surface area (Å²) >= 11 is 0. The van der Waals surface area contributed by atoms with Crippen molar-refractivity contribution in [1.82, 2.24) is 19.7 Å². The Balaban J connectivity index is 1.82. The highest BCUT2D eigenvalue weighted by molar-refractivity contribution is 5.82. The maximum atomic E-state index is 12.9. The van der Waals surface area contributed by atoms with Crippen molar-refractivity contribution in [3.8, 4) is 17.1 Å². The maximum Gasteiger partial charge on any atom is 0.277 e. The number of hydrogen-bond donors (Lipinski definition) is 2. The van der Waals surface area contributed by atoms with E-state index in [1.807, 2.05) is 25.1 Å². The largest absolute Gasteiger partial charge is 0.493 e. The predicted molar refractivity (Wildman–Crippen MR) is 124 cm³/mol. The Hall–Kier alpha value is -3.42. The Kier molecular flexibility index (Phi) is 6.12. The highest BCUT2D eigenvalue weighted by atomic mass is 16.5. The van der Waals surface area contributed by atoms with Crippen molar-refractivity contribution < 1.29 is 9.53 Å².